The number of anilines is 1. The second kappa shape index (κ2) is 11.4. The smallest absolute Gasteiger partial charge is 0.251 e. The van der Waals surface area contributed by atoms with Crippen molar-refractivity contribution in [1.82, 2.24) is 10.2 Å². The lowest BCUT2D eigenvalue weighted by molar-refractivity contribution is -0.135. The maximum atomic E-state index is 13.7. The summed E-state index contributed by atoms with van der Waals surface area (Å²) in [5, 5.41) is 4.77. The van der Waals surface area contributed by atoms with Crippen LogP contribution in [0, 0.1) is 17.5 Å². The van der Waals surface area contributed by atoms with E-state index in [1.807, 2.05) is 6.26 Å². The van der Waals surface area contributed by atoms with Crippen LogP contribution in [0.2, 0.25) is 0 Å². The van der Waals surface area contributed by atoms with Crippen molar-refractivity contribution in [3.63, 3.8) is 0 Å². The van der Waals surface area contributed by atoms with Gasteiger partial charge in [0.25, 0.3) is 5.91 Å². The Kier molecular flexibility index (Phi) is 8.92. The van der Waals surface area contributed by atoms with Gasteiger partial charge in [0.05, 0.1) is 12.2 Å². The summed E-state index contributed by atoms with van der Waals surface area (Å²) in [6.07, 6.45) is 2.19. The van der Waals surface area contributed by atoms with Crippen LogP contribution in [0.5, 0.6) is 0 Å². The second-order valence-electron chi connectivity index (χ2n) is 6.64. The Labute approximate surface area is 182 Å². The summed E-state index contributed by atoms with van der Waals surface area (Å²) in [6, 6.07) is 9.06. The predicted molar refractivity (Wildman–Crippen MR) is 113 cm³/mol. The van der Waals surface area contributed by atoms with Gasteiger partial charge in [0.2, 0.25) is 11.8 Å². The van der Waals surface area contributed by atoms with Crippen molar-refractivity contribution >= 4 is 35.2 Å². The number of likely N-dealkylation sites (N-methyl/N-ethyl adjacent to an activating group) is 1. The van der Waals surface area contributed by atoms with Crippen LogP contribution in [-0.4, -0.2) is 54.3 Å². The predicted octanol–water partition coefficient (Wildman–Crippen LogP) is 3.05. The molecule has 0 aliphatic carbocycles. The Bertz CT molecular complexity index is 944. The molecule has 166 valence electrons. The van der Waals surface area contributed by atoms with Crippen LogP contribution in [0.25, 0.3) is 0 Å². The van der Waals surface area contributed by atoms with E-state index >= 15 is 0 Å². The zero-order chi connectivity index (χ0) is 23.0. The minimum Gasteiger partial charge on any atom is -0.340 e. The molecule has 0 aliphatic heterocycles. The molecular formula is C21H22F3N3O3S. The molecule has 6 nitrogen and oxygen atoms in total. The molecule has 0 saturated heterocycles. The molecule has 3 amide bonds. The van der Waals surface area contributed by atoms with E-state index in [4.69, 9.17) is 0 Å². The summed E-state index contributed by atoms with van der Waals surface area (Å²) in [5.41, 5.74) is -0.153. The van der Waals surface area contributed by atoms with E-state index < -0.39 is 53.4 Å². The van der Waals surface area contributed by atoms with Crippen LogP contribution >= 0.6 is 11.8 Å². The molecule has 0 aliphatic rings. The van der Waals surface area contributed by atoms with E-state index in [9.17, 15) is 27.6 Å². The van der Waals surface area contributed by atoms with Gasteiger partial charge in [-0.15, -0.1) is 0 Å². The normalized spacial score (nSPS) is 11.5. The highest BCUT2D eigenvalue weighted by Gasteiger charge is 2.26. The van der Waals surface area contributed by atoms with Crippen molar-refractivity contribution < 1.29 is 27.6 Å². The van der Waals surface area contributed by atoms with Crippen LogP contribution in [-0.2, 0) is 9.59 Å². The topological polar surface area (TPSA) is 78.5 Å². The first kappa shape index (κ1) is 24.3. The summed E-state index contributed by atoms with van der Waals surface area (Å²) >= 11 is 1.49. The molecular weight excluding hydrogens is 431 g/mol. The number of nitrogens with zero attached hydrogens (tertiary/aromatic N) is 1. The lowest BCUT2D eigenvalue weighted by Crippen LogP contribution is -2.49. The summed E-state index contributed by atoms with van der Waals surface area (Å²) in [4.78, 5) is 38.5. The van der Waals surface area contributed by atoms with Gasteiger partial charge in [0.1, 0.15) is 6.04 Å². The number of benzene rings is 2. The first-order chi connectivity index (χ1) is 14.7. The molecule has 0 heterocycles. The Morgan fingerprint density at radius 2 is 1.71 bits per heavy atom. The largest absolute Gasteiger partial charge is 0.340 e. The van der Waals surface area contributed by atoms with E-state index in [1.54, 1.807) is 30.3 Å². The average molecular weight is 453 g/mol. The van der Waals surface area contributed by atoms with Gasteiger partial charge in [-0.2, -0.15) is 11.8 Å². The summed E-state index contributed by atoms with van der Waals surface area (Å²) in [6.45, 7) is -0.478. The number of hydrogen-bond acceptors (Lipinski definition) is 4. The van der Waals surface area contributed by atoms with E-state index in [2.05, 4.69) is 10.6 Å². The third kappa shape index (κ3) is 6.74. The monoisotopic (exact) mass is 453 g/mol. The molecule has 0 radical (unpaired) electrons. The molecule has 0 aromatic heterocycles. The molecule has 2 N–H and O–H groups in total. The van der Waals surface area contributed by atoms with Gasteiger partial charge in [0.15, 0.2) is 17.5 Å². The first-order valence-electron chi connectivity index (χ1n) is 9.27. The summed E-state index contributed by atoms with van der Waals surface area (Å²) in [5.74, 6) is -5.78. The zero-order valence-electron chi connectivity index (χ0n) is 17.0. The molecule has 0 spiro atoms. The SMILES string of the molecule is CSCCC(NC(=O)c1ccccc1)C(=O)N(C)CC(=O)Nc1ccc(F)c(F)c1F. The van der Waals surface area contributed by atoms with Crippen LogP contribution in [0.15, 0.2) is 42.5 Å². The number of halogens is 3. The molecule has 10 heteroatoms. The maximum absolute atomic E-state index is 13.7. The van der Waals surface area contributed by atoms with Gasteiger partial charge in [0, 0.05) is 12.6 Å². The number of carbonyl (C=O) groups excluding carboxylic acids is 3. The van der Waals surface area contributed by atoms with Gasteiger partial charge in [-0.1, -0.05) is 18.2 Å². The van der Waals surface area contributed by atoms with Gasteiger partial charge in [-0.3, -0.25) is 14.4 Å². The molecule has 0 fully saturated rings. The highest BCUT2D eigenvalue weighted by Crippen LogP contribution is 2.19. The third-order valence-corrected chi connectivity index (χ3v) is 4.96. The van der Waals surface area contributed by atoms with E-state index in [1.165, 1.54) is 18.8 Å². The summed E-state index contributed by atoms with van der Waals surface area (Å²) in [7, 11) is 1.35. The van der Waals surface area contributed by atoms with Crippen LogP contribution in [0.4, 0.5) is 18.9 Å². The minimum atomic E-state index is -1.71. The summed E-state index contributed by atoms with van der Waals surface area (Å²) < 4.78 is 40.1. The Morgan fingerprint density at radius 1 is 1.03 bits per heavy atom. The molecule has 1 unspecified atom stereocenters. The molecule has 2 aromatic rings. The van der Waals surface area contributed by atoms with Crippen LogP contribution in [0.1, 0.15) is 16.8 Å². The quantitative estimate of drug-likeness (QED) is 0.572. The lowest BCUT2D eigenvalue weighted by atomic mass is 10.1. The fourth-order valence-corrected chi connectivity index (χ4v) is 3.17. The molecule has 0 bridgehead atoms. The van der Waals surface area contributed by atoms with Crippen molar-refractivity contribution in [3.8, 4) is 0 Å². The molecule has 0 saturated carbocycles. The number of amides is 3. The number of carbonyl (C=O) groups is 3. The third-order valence-electron chi connectivity index (χ3n) is 4.32. The Morgan fingerprint density at radius 3 is 2.35 bits per heavy atom. The van der Waals surface area contributed by atoms with Crippen LogP contribution in [0.3, 0.4) is 0 Å². The fraction of sp³-hybridized carbons (Fsp3) is 0.286. The van der Waals surface area contributed by atoms with Gasteiger partial charge >= 0.3 is 0 Å². The van der Waals surface area contributed by atoms with E-state index in [0.29, 0.717) is 23.8 Å². The van der Waals surface area contributed by atoms with Gasteiger partial charge in [-0.05, 0) is 42.7 Å². The van der Waals surface area contributed by atoms with Crippen LogP contribution < -0.4 is 10.6 Å². The standard InChI is InChI=1S/C21H22F3N3O3S/c1-27(12-17(28)25-15-9-8-14(22)18(23)19(15)24)21(30)16(10-11-31-2)26-20(29)13-6-4-3-5-7-13/h3-9,16H,10-12H2,1-2H3,(H,25,28)(H,26,29). The number of nitrogens with one attached hydrogen (secondary N) is 2. The van der Waals surface area contributed by atoms with Gasteiger partial charge in [-0.25, -0.2) is 13.2 Å². The molecule has 31 heavy (non-hydrogen) atoms. The number of hydrogen-bond donors (Lipinski definition) is 2. The van der Waals surface area contributed by atoms with Gasteiger partial charge < -0.3 is 15.5 Å². The van der Waals surface area contributed by atoms with Crippen molar-refractivity contribution in [3.05, 3.63) is 65.5 Å². The number of thioether (sulfide) groups is 1. The average Bonchev–Trinajstić information content (AvgIpc) is 2.76. The van der Waals surface area contributed by atoms with Crippen molar-refractivity contribution in [2.24, 2.45) is 0 Å². The highest BCUT2D eigenvalue weighted by molar-refractivity contribution is 7.98. The zero-order valence-corrected chi connectivity index (χ0v) is 17.8. The molecule has 2 aromatic carbocycles. The maximum Gasteiger partial charge on any atom is 0.251 e. The Hall–Kier alpha value is -3.01. The van der Waals surface area contributed by atoms with E-state index in [-0.39, 0.29) is 0 Å². The number of rotatable bonds is 9. The Balaban J connectivity index is 2.03. The fourth-order valence-electron chi connectivity index (χ4n) is 2.70. The van der Waals surface area contributed by atoms with E-state index in [0.717, 1.165) is 11.0 Å². The van der Waals surface area contributed by atoms with Crippen molar-refractivity contribution in [2.75, 3.05) is 30.9 Å². The minimum absolute atomic E-state index is 0.336. The van der Waals surface area contributed by atoms with Crippen molar-refractivity contribution in [2.45, 2.75) is 12.5 Å². The first-order valence-corrected chi connectivity index (χ1v) is 10.7. The second-order valence-corrected chi connectivity index (χ2v) is 7.62. The molecule has 2 rings (SSSR count). The van der Waals surface area contributed by atoms with Crippen molar-refractivity contribution in [1.29, 1.82) is 0 Å². The lowest BCUT2D eigenvalue weighted by Gasteiger charge is -2.24. The highest BCUT2D eigenvalue weighted by atomic mass is 32.2. The molecule has 1 atom stereocenters.